The van der Waals surface area contributed by atoms with Gasteiger partial charge in [-0.3, -0.25) is 0 Å². The summed E-state index contributed by atoms with van der Waals surface area (Å²) in [5.41, 5.74) is 7.86. The fraction of sp³-hybridized carbons (Fsp3) is 0.320. The molecule has 0 atom stereocenters. The van der Waals surface area contributed by atoms with Crippen LogP contribution in [0, 0.1) is 13.8 Å². The molecule has 0 radical (unpaired) electrons. The van der Waals surface area contributed by atoms with Gasteiger partial charge in [-0.2, -0.15) is 13.2 Å². The van der Waals surface area contributed by atoms with Crippen molar-refractivity contribution in [3.05, 3.63) is 75.8 Å². The third-order valence-electron chi connectivity index (χ3n) is 5.49. The molecule has 0 amide bonds. The second-order valence-electron chi connectivity index (χ2n) is 8.35. The van der Waals surface area contributed by atoms with Crippen molar-refractivity contribution in [1.82, 2.24) is 0 Å². The van der Waals surface area contributed by atoms with E-state index in [-0.39, 0.29) is 12.3 Å². The predicted molar refractivity (Wildman–Crippen MR) is 114 cm³/mol. The molecule has 0 aromatic heterocycles. The van der Waals surface area contributed by atoms with Crippen LogP contribution in [0.25, 0.3) is 10.8 Å². The molecule has 0 fully saturated rings. The van der Waals surface area contributed by atoms with Crippen LogP contribution in [0.4, 0.5) is 18.9 Å². The van der Waals surface area contributed by atoms with Crippen LogP contribution in [-0.4, -0.2) is 11.9 Å². The molecule has 1 heterocycles. The summed E-state index contributed by atoms with van der Waals surface area (Å²) in [6, 6.07) is 14.2. The lowest BCUT2D eigenvalue weighted by molar-refractivity contribution is -0.133. The first-order valence-corrected chi connectivity index (χ1v) is 9.96. The van der Waals surface area contributed by atoms with E-state index in [4.69, 9.17) is 4.99 Å². The highest BCUT2D eigenvalue weighted by Crippen LogP contribution is 2.42. The monoisotopic (exact) mass is 395 g/mol. The van der Waals surface area contributed by atoms with E-state index in [1.54, 1.807) is 0 Å². The van der Waals surface area contributed by atoms with Gasteiger partial charge in [0, 0.05) is 22.9 Å². The molecule has 4 heteroatoms. The molecule has 0 saturated carbocycles. The fourth-order valence-corrected chi connectivity index (χ4v) is 4.27. The van der Waals surface area contributed by atoms with E-state index in [0.717, 1.165) is 50.0 Å². The zero-order chi connectivity index (χ0) is 20.9. The molecule has 0 bridgehead atoms. The van der Waals surface area contributed by atoms with Gasteiger partial charge in [-0.1, -0.05) is 43.2 Å². The van der Waals surface area contributed by atoms with Crippen LogP contribution in [0.5, 0.6) is 0 Å². The van der Waals surface area contributed by atoms with Gasteiger partial charge in [0.2, 0.25) is 0 Å². The maximum absolute atomic E-state index is 12.9. The van der Waals surface area contributed by atoms with E-state index in [2.05, 4.69) is 38.1 Å². The zero-order valence-corrected chi connectivity index (χ0v) is 17.1. The van der Waals surface area contributed by atoms with Crippen molar-refractivity contribution in [2.75, 3.05) is 0 Å². The van der Waals surface area contributed by atoms with Crippen LogP contribution in [0.15, 0.2) is 47.5 Å². The minimum atomic E-state index is -4.16. The number of nitrogens with zero attached hydrogens (tertiary/aromatic N) is 1. The zero-order valence-electron chi connectivity index (χ0n) is 17.1. The average Bonchev–Trinajstić information content (AvgIpc) is 2.98. The minimum absolute atomic E-state index is 0.0195. The second kappa shape index (κ2) is 7.01. The van der Waals surface area contributed by atoms with Gasteiger partial charge in [0.25, 0.3) is 0 Å². The van der Waals surface area contributed by atoms with Crippen LogP contribution < -0.4 is 0 Å². The highest BCUT2D eigenvalue weighted by Gasteiger charge is 2.28. The Morgan fingerprint density at radius 3 is 2.24 bits per heavy atom. The Bertz CT molecular complexity index is 1120. The molecule has 1 nitrogen and oxygen atoms in total. The molecule has 150 valence electrons. The van der Waals surface area contributed by atoms with E-state index in [1.807, 2.05) is 32.0 Å². The van der Waals surface area contributed by atoms with Crippen molar-refractivity contribution in [2.24, 2.45) is 4.99 Å². The molecule has 4 rings (SSSR count). The Morgan fingerprint density at radius 1 is 0.931 bits per heavy atom. The molecule has 0 saturated heterocycles. The van der Waals surface area contributed by atoms with Crippen molar-refractivity contribution >= 4 is 22.2 Å². The maximum Gasteiger partial charge on any atom is 0.389 e. The summed E-state index contributed by atoms with van der Waals surface area (Å²) in [6.07, 6.45) is -5.00. The van der Waals surface area contributed by atoms with E-state index in [0.29, 0.717) is 5.56 Å². The van der Waals surface area contributed by atoms with Gasteiger partial charge in [0.1, 0.15) is 0 Å². The van der Waals surface area contributed by atoms with E-state index in [1.165, 1.54) is 0 Å². The van der Waals surface area contributed by atoms with Crippen LogP contribution >= 0.6 is 0 Å². The number of hydrogen-bond donors (Lipinski definition) is 0. The van der Waals surface area contributed by atoms with Gasteiger partial charge in [-0.05, 0) is 67.0 Å². The van der Waals surface area contributed by atoms with Crippen molar-refractivity contribution < 1.29 is 13.2 Å². The van der Waals surface area contributed by atoms with Gasteiger partial charge in [0.15, 0.2) is 0 Å². The number of aliphatic imine (C=N–C) groups is 1. The number of halogens is 3. The van der Waals surface area contributed by atoms with E-state index >= 15 is 0 Å². The second-order valence-corrected chi connectivity index (χ2v) is 8.35. The van der Waals surface area contributed by atoms with Crippen LogP contribution in [-0.2, 0) is 6.42 Å². The molecule has 1 aliphatic rings. The molecule has 0 N–H and O–H groups in total. The van der Waals surface area contributed by atoms with Gasteiger partial charge < -0.3 is 0 Å². The SMILES string of the molecule is Cc1cc(C)cc(C2=Nc3ccc(C(C)C)c4cc(CCC(F)(F)F)cc2c34)c1. The molecule has 3 aromatic carbocycles. The topological polar surface area (TPSA) is 12.4 Å². The van der Waals surface area contributed by atoms with Crippen molar-refractivity contribution in [3.63, 3.8) is 0 Å². The molecule has 3 aromatic rings. The predicted octanol–water partition coefficient (Wildman–Crippen LogP) is 7.56. The standard InChI is InChI=1S/C25H24F3N/c1-14(2)19-5-6-22-23-20(19)12-17(7-8-25(26,27)28)13-21(23)24(29-22)18-10-15(3)9-16(4)11-18/h5-6,9-14H,7-8H2,1-4H3. The summed E-state index contributed by atoms with van der Waals surface area (Å²) in [7, 11) is 0. The van der Waals surface area contributed by atoms with Crippen molar-refractivity contribution in [2.45, 2.75) is 52.6 Å². The summed E-state index contributed by atoms with van der Waals surface area (Å²) in [5.74, 6) is 0.278. The van der Waals surface area contributed by atoms with Crippen molar-refractivity contribution in [3.8, 4) is 0 Å². The largest absolute Gasteiger partial charge is 0.389 e. The third kappa shape index (κ3) is 3.81. The minimum Gasteiger partial charge on any atom is -0.247 e. The Labute approximate surface area is 169 Å². The maximum atomic E-state index is 12.9. The Balaban J connectivity index is 1.92. The molecular weight excluding hydrogens is 371 g/mol. The average molecular weight is 395 g/mol. The first-order chi connectivity index (χ1) is 13.6. The van der Waals surface area contributed by atoms with E-state index < -0.39 is 12.6 Å². The lowest BCUT2D eigenvalue weighted by atomic mass is 9.89. The third-order valence-corrected chi connectivity index (χ3v) is 5.49. The summed E-state index contributed by atoms with van der Waals surface area (Å²) >= 11 is 0. The van der Waals surface area contributed by atoms with Gasteiger partial charge >= 0.3 is 6.18 Å². The normalized spacial score (nSPS) is 13.4. The Morgan fingerprint density at radius 2 is 1.62 bits per heavy atom. The lowest BCUT2D eigenvalue weighted by Crippen LogP contribution is -2.09. The smallest absolute Gasteiger partial charge is 0.247 e. The van der Waals surface area contributed by atoms with Crippen LogP contribution in [0.3, 0.4) is 0 Å². The summed E-state index contributed by atoms with van der Waals surface area (Å²) < 4.78 is 38.6. The highest BCUT2D eigenvalue weighted by molar-refractivity contribution is 6.26. The molecule has 0 aliphatic carbocycles. The van der Waals surface area contributed by atoms with Gasteiger partial charge in [-0.15, -0.1) is 0 Å². The first kappa shape index (κ1) is 19.7. The Hall–Kier alpha value is -2.62. The molecular formula is C25H24F3N. The van der Waals surface area contributed by atoms with Crippen LogP contribution in [0.1, 0.15) is 59.6 Å². The molecule has 0 spiro atoms. The Kier molecular flexibility index (Phi) is 4.76. The first-order valence-electron chi connectivity index (χ1n) is 9.96. The fourth-order valence-electron chi connectivity index (χ4n) is 4.27. The summed E-state index contributed by atoms with van der Waals surface area (Å²) in [6.45, 7) is 8.32. The van der Waals surface area contributed by atoms with Gasteiger partial charge in [-0.25, -0.2) is 4.99 Å². The lowest BCUT2D eigenvalue weighted by Gasteiger charge is -2.15. The number of rotatable bonds is 4. The number of hydrogen-bond acceptors (Lipinski definition) is 1. The van der Waals surface area contributed by atoms with Crippen LogP contribution in [0.2, 0.25) is 0 Å². The van der Waals surface area contributed by atoms with Crippen molar-refractivity contribution in [1.29, 1.82) is 0 Å². The summed E-state index contributed by atoms with van der Waals surface area (Å²) in [5, 5.41) is 2.08. The van der Waals surface area contributed by atoms with E-state index in [9.17, 15) is 13.2 Å². The molecule has 1 aliphatic heterocycles. The molecule has 29 heavy (non-hydrogen) atoms. The quantitative estimate of drug-likeness (QED) is 0.338. The van der Waals surface area contributed by atoms with Gasteiger partial charge in [0.05, 0.1) is 11.4 Å². The highest BCUT2D eigenvalue weighted by atomic mass is 19.4. The number of benzene rings is 3. The summed E-state index contributed by atoms with van der Waals surface area (Å²) in [4.78, 5) is 4.89. The molecule has 0 unspecified atom stereocenters. The number of aryl methyl sites for hydroxylation is 3. The number of alkyl halides is 3.